The minimum Gasteiger partial charge on any atom is -0.409 e. The summed E-state index contributed by atoms with van der Waals surface area (Å²) >= 11 is 0. The van der Waals surface area contributed by atoms with Gasteiger partial charge in [-0.25, -0.2) is 0 Å². The highest BCUT2D eigenvalue weighted by Gasteiger charge is 2.43. The second-order valence-corrected chi connectivity index (χ2v) is 6.74. The Hall–Kier alpha value is -0.770. The van der Waals surface area contributed by atoms with Crippen molar-refractivity contribution in [1.29, 1.82) is 0 Å². The Kier molecular flexibility index (Phi) is 4.15. The maximum Gasteiger partial charge on any atom is 0.139 e. The lowest BCUT2D eigenvalue weighted by Gasteiger charge is -2.34. The number of amidine groups is 1. The first-order valence-electron chi connectivity index (χ1n) is 7.25. The van der Waals surface area contributed by atoms with Crippen molar-refractivity contribution in [2.24, 2.45) is 21.7 Å². The van der Waals surface area contributed by atoms with Crippen LogP contribution in [-0.2, 0) is 0 Å². The van der Waals surface area contributed by atoms with E-state index in [0.29, 0.717) is 11.3 Å². The molecule has 0 aromatic heterocycles. The van der Waals surface area contributed by atoms with Gasteiger partial charge in [-0.15, -0.1) is 0 Å². The molecule has 104 valence electrons. The molecule has 0 saturated heterocycles. The molecule has 0 radical (unpaired) electrons. The molecule has 0 aromatic carbocycles. The van der Waals surface area contributed by atoms with Gasteiger partial charge < -0.3 is 16.3 Å². The van der Waals surface area contributed by atoms with Crippen LogP contribution in [0.15, 0.2) is 5.16 Å². The summed E-state index contributed by atoms with van der Waals surface area (Å²) in [6.45, 7) is 4.53. The molecular weight excluding hydrogens is 226 g/mol. The fourth-order valence-electron chi connectivity index (χ4n) is 3.22. The van der Waals surface area contributed by atoms with Crippen LogP contribution >= 0.6 is 0 Å². The number of oxime groups is 1. The molecule has 2 aliphatic carbocycles. The van der Waals surface area contributed by atoms with Crippen LogP contribution < -0.4 is 11.1 Å². The smallest absolute Gasteiger partial charge is 0.139 e. The highest BCUT2D eigenvalue weighted by molar-refractivity contribution is 5.80. The van der Waals surface area contributed by atoms with Crippen LogP contribution in [-0.4, -0.2) is 24.1 Å². The van der Waals surface area contributed by atoms with Gasteiger partial charge in [-0.05, 0) is 36.5 Å². The van der Waals surface area contributed by atoms with E-state index >= 15 is 0 Å². The standard InChI is InChI=1S/C14H27N3O/c1-13(5-3-2-4-6-13)10-16-11-14(7-8-14)9-12(15)17-18/h16,18H,2-11H2,1H3,(H2,15,17). The molecule has 0 spiro atoms. The van der Waals surface area contributed by atoms with Crippen molar-refractivity contribution in [3.05, 3.63) is 0 Å². The lowest BCUT2D eigenvalue weighted by molar-refractivity contribution is 0.203. The molecule has 0 unspecified atom stereocenters. The molecule has 4 N–H and O–H groups in total. The lowest BCUT2D eigenvalue weighted by Crippen LogP contribution is -2.37. The summed E-state index contributed by atoms with van der Waals surface area (Å²) in [6, 6.07) is 0. The van der Waals surface area contributed by atoms with E-state index in [-0.39, 0.29) is 5.41 Å². The van der Waals surface area contributed by atoms with Gasteiger partial charge in [0.1, 0.15) is 5.84 Å². The second kappa shape index (κ2) is 5.47. The summed E-state index contributed by atoms with van der Waals surface area (Å²) in [7, 11) is 0. The molecule has 2 aliphatic rings. The van der Waals surface area contributed by atoms with Crippen molar-refractivity contribution in [2.75, 3.05) is 13.1 Å². The zero-order chi connectivity index (χ0) is 13.1. The van der Waals surface area contributed by atoms with Gasteiger partial charge in [0.05, 0.1) is 0 Å². The molecule has 2 fully saturated rings. The highest BCUT2D eigenvalue weighted by Crippen LogP contribution is 2.48. The van der Waals surface area contributed by atoms with Crippen LogP contribution in [0, 0.1) is 10.8 Å². The van der Waals surface area contributed by atoms with E-state index in [4.69, 9.17) is 10.9 Å². The van der Waals surface area contributed by atoms with Crippen LogP contribution in [0.2, 0.25) is 0 Å². The quantitative estimate of drug-likeness (QED) is 0.295. The molecule has 2 rings (SSSR count). The third-order valence-corrected chi connectivity index (χ3v) is 4.75. The molecular formula is C14H27N3O. The minimum atomic E-state index is 0.279. The topological polar surface area (TPSA) is 70.6 Å². The molecule has 0 aromatic rings. The molecule has 0 amide bonds. The minimum absolute atomic E-state index is 0.279. The predicted molar refractivity (Wildman–Crippen MR) is 73.8 cm³/mol. The number of hydrogen-bond donors (Lipinski definition) is 3. The predicted octanol–water partition coefficient (Wildman–Crippen LogP) is 2.46. The number of nitrogens with zero attached hydrogens (tertiary/aromatic N) is 1. The summed E-state index contributed by atoms with van der Waals surface area (Å²) in [4.78, 5) is 0. The van der Waals surface area contributed by atoms with E-state index in [1.807, 2.05) is 0 Å². The maximum absolute atomic E-state index is 8.64. The molecule has 0 atom stereocenters. The number of nitrogens with two attached hydrogens (primary N) is 1. The molecule has 0 aliphatic heterocycles. The maximum atomic E-state index is 8.64. The van der Waals surface area contributed by atoms with Gasteiger partial charge in [0, 0.05) is 19.5 Å². The van der Waals surface area contributed by atoms with Gasteiger partial charge in [-0.2, -0.15) is 0 Å². The van der Waals surface area contributed by atoms with Crippen molar-refractivity contribution < 1.29 is 5.21 Å². The van der Waals surface area contributed by atoms with Gasteiger partial charge in [0.2, 0.25) is 0 Å². The molecule has 18 heavy (non-hydrogen) atoms. The van der Waals surface area contributed by atoms with Crippen molar-refractivity contribution in [1.82, 2.24) is 5.32 Å². The summed E-state index contributed by atoms with van der Waals surface area (Å²) in [5.41, 5.74) is 6.38. The number of hydrogen-bond acceptors (Lipinski definition) is 3. The van der Waals surface area contributed by atoms with Crippen LogP contribution in [0.25, 0.3) is 0 Å². The number of nitrogens with one attached hydrogen (secondary N) is 1. The molecule has 0 bridgehead atoms. The monoisotopic (exact) mass is 253 g/mol. The molecule has 4 heteroatoms. The van der Waals surface area contributed by atoms with Crippen LogP contribution in [0.3, 0.4) is 0 Å². The highest BCUT2D eigenvalue weighted by atomic mass is 16.4. The van der Waals surface area contributed by atoms with E-state index < -0.39 is 0 Å². The Morgan fingerprint density at radius 1 is 1.17 bits per heavy atom. The normalized spacial score (nSPS) is 25.9. The average Bonchev–Trinajstić information content (AvgIpc) is 3.09. The number of rotatable bonds is 6. The zero-order valence-corrected chi connectivity index (χ0v) is 11.5. The van der Waals surface area contributed by atoms with E-state index in [1.165, 1.54) is 44.9 Å². The third kappa shape index (κ3) is 3.61. The van der Waals surface area contributed by atoms with Crippen LogP contribution in [0.4, 0.5) is 0 Å². The Bertz CT molecular complexity index is 304. The van der Waals surface area contributed by atoms with E-state index in [9.17, 15) is 0 Å². The van der Waals surface area contributed by atoms with E-state index in [0.717, 1.165) is 19.5 Å². The summed E-state index contributed by atoms with van der Waals surface area (Å²) in [6.07, 6.45) is 10.0. The van der Waals surface area contributed by atoms with Gasteiger partial charge in [-0.1, -0.05) is 31.3 Å². The first-order chi connectivity index (χ1) is 8.58. The second-order valence-electron chi connectivity index (χ2n) is 6.74. The van der Waals surface area contributed by atoms with Crippen LogP contribution in [0.5, 0.6) is 0 Å². The molecule has 4 nitrogen and oxygen atoms in total. The average molecular weight is 253 g/mol. The molecule has 0 heterocycles. The fraction of sp³-hybridized carbons (Fsp3) is 0.929. The Labute approximate surface area is 110 Å². The van der Waals surface area contributed by atoms with Crippen molar-refractivity contribution in [3.8, 4) is 0 Å². The lowest BCUT2D eigenvalue weighted by atomic mass is 9.75. The van der Waals surface area contributed by atoms with Crippen molar-refractivity contribution in [3.63, 3.8) is 0 Å². The van der Waals surface area contributed by atoms with Crippen molar-refractivity contribution in [2.45, 2.75) is 58.3 Å². The summed E-state index contributed by atoms with van der Waals surface area (Å²) in [5.74, 6) is 0.373. The summed E-state index contributed by atoms with van der Waals surface area (Å²) < 4.78 is 0. The van der Waals surface area contributed by atoms with Crippen molar-refractivity contribution >= 4 is 5.84 Å². The Balaban J connectivity index is 1.71. The third-order valence-electron chi connectivity index (χ3n) is 4.75. The van der Waals surface area contributed by atoms with Crippen LogP contribution in [0.1, 0.15) is 58.3 Å². The van der Waals surface area contributed by atoms with Gasteiger partial charge in [0.25, 0.3) is 0 Å². The SMILES string of the molecule is CC1(CNCC2(CC(N)=NO)CC2)CCCCC1. The van der Waals surface area contributed by atoms with Gasteiger partial charge >= 0.3 is 0 Å². The van der Waals surface area contributed by atoms with Gasteiger partial charge in [-0.3, -0.25) is 0 Å². The Morgan fingerprint density at radius 3 is 2.39 bits per heavy atom. The summed E-state index contributed by atoms with van der Waals surface area (Å²) in [5, 5.41) is 15.4. The van der Waals surface area contributed by atoms with E-state index in [1.54, 1.807) is 0 Å². The van der Waals surface area contributed by atoms with Gasteiger partial charge in [0.15, 0.2) is 0 Å². The Morgan fingerprint density at radius 2 is 1.83 bits per heavy atom. The first kappa shape index (κ1) is 13.7. The fourth-order valence-corrected chi connectivity index (χ4v) is 3.22. The molecule has 2 saturated carbocycles. The largest absolute Gasteiger partial charge is 0.409 e. The zero-order valence-electron chi connectivity index (χ0n) is 11.5. The first-order valence-corrected chi connectivity index (χ1v) is 7.25. The van der Waals surface area contributed by atoms with E-state index in [2.05, 4.69) is 17.4 Å².